The first kappa shape index (κ1) is 10.4. The molecular formula is C10H13ClO2S. The normalized spacial score (nSPS) is 24.1. The van der Waals surface area contributed by atoms with Crippen LogP contribution >= 0.6 is 22.9 Å². The summed E-state index contributed by atoms with van der Waals surface area (Å²) in [5, 5.41) is 10.0. The van der Waals surface area contributed by atoms with Crippen molar-refractivity contribution in [3.8, 4) is 0 Å². The smallest absolute Gasteiger partial charge is 0.0961 e. The molecule has 1 N–H and O–H groups in total. The van der Waals surface area contributed by atoms with Crippen LogP contribution in [0.15, 0.2) is 6.07 Å². The minimum Gasteiger partial charge on any atom is -0.387 e. The third-order valence-electron chi connectivity index (χ3n) is 2.58. The topological polar surface area (TPSA) is 29.5 Å². The molecule has 0 amide bonds. The van der Waals surface area contributed by atoms with Crippen LogP contribution in [0.25, 0.3) is 0 Å². The maximum absolute atomic E-state index is 10.0. The van der Waals surface area contributed by atoms with Crippen molar-refractivity contribution in [2.75, 3.05) is 13.2 Å². The molecule has 1 aromatic rings. The second-order valence-electron chi connectivity index (χ2n) is 3.67. The van der Waals surface area contributed by atoms with Crippen molar-refractivity contribution in [2.45, 2.75) is 19.4 Å². The number of ether oxygens (including phenoxy) is 1. The number of aliphatic hydroxyl groups excluding tert-OH is 1. The summed E-state index contributed by atoms with van der Waals surface area (Å²) in [4.78, 5) is 0.961. The summed E-state index contributed by atoms with van der Waals surface area (Å²) in [5.41, 5.74) is 1.05. The lowest BCUT2D eigenvalue weighted by Gasteiger charge is -2.14. The molecule has 2 rings (SSSR count). The van der Waals surface area contributed by atoms with Gasteiger partial charge in [-0.3, -0.25) is 0 Å². The molecule has 2 heterocycles. The maximum Gasteiger partial charge on any atom is 0.0961 e. The summed E-state index contributed by atoms with van der Waals surface area (Å²) < 4.78 is 6.02. The maximum atomic E-state index is 10.0. The first-order valence-electron chi connectivity index (χ1n) is 4.70. The Kier molecular flexibility index (Phi) is 3.12. The van der Waals surface area contributed by atoms with Crippen LogP contribution < -0.4 is 0 Å². The summed E-state index contributed by atoms with van der Waals surface area (Å²) in [6.07, 6.45) is 0.532. The minimum absolute atomic E-state index is 0.240. The van der Waals surface area contributed by atoms with Crippen LogP contribution in [0, 0.1) is 12.8 Å². The average Bonchev–Trinajstić information content (AvgIpc) is 2.76. The molecule has 2 atom stereocenters. The van der Waals surface area contributed by atoms with E-state index in [1.807, 2.05) is 13.0 Å². The van der Waals surface area contributed by atoms with Gasteiger partial charge in [0.05, 0.1) is 17.0 Å². The molecule has 1 aromatic heterocycles. The Morgan fingerprint density at radius 3 is 3.00 bits per heavy atom. The molecule has 0 spiro atoms. The highest BCUT2D eigenvalue weighted by molar-refractivity contribution is 7.16. The lowest BCUT2D eigenvalue weighted by atomic mass is 10.0. The van der Waals surface area contributed by atoms with E-state index in [4.69, 9.17) is 16.3 Å². The summed E-state index contributed by atoms with van der Waals surface area (Å²) in [6.45, 7) is 3.38. The average molecular weight is 233 g/mol. The van der Waals surface area contributed by atoms with Crippen molar-refractivity contribution < 1.29 is 9.84 Å². The quantitative estimate of drug-likeness (QED) is 0.850. The van der Waals surface area contributed by atoms with E-state index in [9.17, 15) is 5.11 Å². The largest absolute Gasteiger partial charge is 0.387 e. The molecule has 0 aromatic carbocycles. The van der Waals surface area contributed by atoms with Gasteiger partial charge in [-0.25, -0.2) is 0 Å². The van der Waals surface area contributed by atoms with Crippen molar-refractivity contribution in [3.05, 3.63) is 20.8 Å². The van der Waals surface area contributed by atoms with Crippen molar-refractivity contribution in [3.63, 3.8) is 0 Å². The van der Waals surface area contributed by atoms with E-state index in [0.29, 0.717) is 6.61 Å². The highest BCUT2D eigenvalue weighted by atomic mass is 35.5. The van der Waals surface area contributed by atoms with E-state index in [1.165, 1.54) is 11.3 Å². The van der Waals surface area contributed by atoms with Crippen LogP contribution in [0.2, 0.25) is 4.34 Å². The van der Waals surface area contributed by atoms with Crippen LogP contribution in [0.1, 0.15) is 23.0 Å². The summed E-state index contributed by atoms with van der Waals surface area (Å²) in [6, 6.07) is 1.97. The molecule has 78 valence electrons. The van der Waals surface area contributed by atoms with Crippen molar-refractivity contribution in [1.82, 2.24) is 0 Å². The molecule has 0 saturated carbocycles. The predicted octanol–water partition coefficient (Wildman–Crippen LogP) is 2.78. The first-order valence-corrected chi connectivity index (χ1v) is 5.89. The number of thiophene rings is 1. The van der Waals surface area contributed by atoms with Gasteiger partial charge in [-0.1, -0.05) is 11.6 Å². The fourth-order valence-electron chi connectivity index (χ4n) is 1.66. The van der Waals surface area contributed by atoms with Crippen LogP contribution in [-0.4, -0.2) is 18.3 Å². The molecular weight excluding hydrogens is 220 g/mol. The van der Waals surface area contributed by atoms with Gasteiger partial charge in [-0.05, 0) is 25.0 Å². The first-order chi connectivity index (χ1) is 6.68. The molecule has 1 aliphatic rings. The molecule has 14 heavy (non-hydrogen) atoms. The van der Waals surface area contributed by atoms with Crippen molar-refractivity contribution in [2.24, 2.45) is 5.92 Å². The number of aryl methyl sites for hydroxylation is 1. The zero-order valence-corrected chi connectivity index (χ0v) is 9.57. The number of hydrogen-bond acceptors (Lipinski definition) is 3. The van der Waals surface area contributed by atoms with Gasteiger partial charge in [0.1, 0.15) is 0 Å². The molecule has 0 aliphatic carbocycles. The van der Waals surface area contributed by atoms with Crippen LogP contribution in [0.3, 0.4) is 0 Å². The SMILES string of the molecule is Cc1cc(C(O)C2CCOC2)sc1Cl. The molecule has 4 heteroatoms. The van der Waals surface area contributed by atoms with Crippen molar-refractivity contribution >= 4 is 22.9 Å². The fraction of sp³-hybridized carbons (Fsp3) is 0.600. The summed E-state index contributed by atoms with van der Waals surface area (Å²) in [7, 11) is 0. The molecule has 2 unspecified atom stereocenters. The Morgan fingerprint density at radius 2 is 2.50 bits per heavy atom. The van der Waals surface area contributed by atoms with Crippen molar-refractivity contribution in [1.29, 1.82) is 0 Å². The van der Waals surface area contributed by atoms with Gasteiger partial charge in [0, 0.05) is 17.4 Å². The summed E-state index contributed by atoms with van der Waals surface area (Å²) in [5.74, 6) is 0.240. The highest BCUT2D eigenvalue weighted by Crippen LogP contribution is 2.36. The van der Waals surface area contributed by atoms with Gasteiger partial charge in [0.25, 0.3) is 0 Å². The number of rotatable bonds is 2. The third-order valence-corrected chi connectivity index (χ3v) is 4.20. The van der Waals surface area contributed by atoms with Crippen LogP contribution in [0.4, 0.5) is 0 Å². The monoisotopic (exact) mass is 232 g/mol. The van der Waals surface area contributed by atoms with Gasteiger partial charge in [-0.2, -0.15) is 0 Å². The number of halogens is 1. The fourth-order valence-corrected chi connectivity index (χ4v) is 2.96. The Hall–Kier alpha value is -0.0900. The zero-order valence-electron chi connectivity index (χ0n) is 8.00. The van der Waals surface area contributed by atoms with Gasteiger partial charge in [0.2, 0.25) is 0 Å². The molecule has 0 radical (unpaired) electrons. The number of aliphatic hydroxyl groups is 1. The number of hydrogen-bond donors (Lipinski definition) is 1. The van der Waals surface area contributed by atoms with E-state index in [-0.39, 0.29) is 5.92 Å². The molecule has 2 nitrogen and oxygen atoms in total. The Morgan fingerprint density at radius 1 is 1.71 bits per heavy atom. The van der Waals surface area contributed by atoms with Crippen LogP contribution in [0.5, 0.6) is 0 Å². The van der Waals surface area contributed by atoms with E-state index < -0.39 is 6.10 Å². The van der Waals surface area contributed by atoms with Gasteiger partial charge in [-0.15, -0.1) is 11.3 Å². The second kappa shape index (κ2) is 4.19. The zero-order chi connectivity index (χ0) is 10.1. The Labute approximate surface area is 92.5 Å². The van der Waals surface area contributed by atoms with Gasteiger partial charge < -0.3 is 9.84 Å². The van der Waals surface area contributed by atoms with E-state index >= 15 is 0 Å². The highest BCUT2D eigenvalue weighted by Gasteiger charge is 2.26. The Balaban J connectivity index is 2.13. The van der Waals surface area contributed by atoms with Gasteiger partial charge >= 0.3 is 0 Å². The predicted molar refractivity (Wildman–Crippen MR) is 58.0 cm³/mol. The second-order valence-corrected chi connectivity index (χ2v) is 5.36. The lowest BCUT2D eigenvalue weighted by molar-refractivity contribution is 0.0944. The summed E-state index contributed by atoms with van der Waals surface area (Å²) >= 11 is 7.43. The van der Waals surface area contributed by atoms with Crippen LogP contribution in [-0.2, 0) is 4.74 Å². The molecule has 1 fully saturated rings. The Bertz CT molecular complexity index is 298. The molecule has 0 bridgehead atoms. The molecule has 1 aliphatic heterocycles. The molecule has 1 saturated heterocycles. The van der Waals surface area contributed by atoms with E-state index in [0.717, 1.165) is 27.8 Å². The van der Waals surface area contributed by atoms with E-state index in [2.05, 4.69) is 0 Å². The minimum atomic E-state index is -0.409. The lowest BCUT2D eigenvalue weighted by Crippen LogP contribution is -2.10. The third kappa shape index (κ3) is 1.96. The standard InChI is InChI=1S/C10H13ClO2S/c1-6-4-8(14-10(6)11)9(12)7-2-3-13-5-7/h4,7,9,12H,2-3,5H2,1H3. The van der Waals surface area contributed by atoms with E-state index in [1.54, 1.807) is 0 Å². The van der Waals surface area contributed by atoms with Gasteiger partial charge in [0.15, 0.2) is 0 Å².